The molecule has 1 aromatic rings. The second-order valence-electron chi connectivity index (χ2n) is 10.3. The second kappa shape index (κ2) is 11.0. The Morgan fingerprint density at radius 3 is 2.84 bits per heavy atom. The van der Waals surface area contributed by atoms with E-state index in [4.69, 9.17) is 0 Å². The number of β-lactam (4-membered cyclic amide) rings is 1. The quantitative estimate of drug-likeness (QED) is 0.271. The van der Waals surface area contributed by atoms with Gasteiger partial charge in [-0.3, -0.25) is 14.4 Å². The van der Waals surface area contributed by atoms with Crippen molar-refractivity contribution in [3.8, 4) is 0 Å². The number of amides is 3. The number of carboxylic acids is 1. The first-order valence-electron chi connectivity index (χ1n) is 13.0. The predicted molar refractivity (Wildman–Crippen MR) is 135 cm³/mol. The summed E-state index contributed by atoms with van der Waals surface area (Å²) in [5.41, 5.74) is 0.0225. The number of carbonyl (C=O) groups excluding carboxylic acids is 3. The number of tetrazole rings is 1. The number of hydrogen-bond donors (Lipinski definition) is 4. The lowest BCUT2D eigenvalue weighted by Gasteiger charge is -2.47. The lowest BCUT2D eigenvalue weighted by Crippen LogP contribution is -2.66. The van der Waals surface area contributed by atoms with Gasteiger partial charge in [0.25, 0.3) is 0 Å². The number of hydrogen-bond acceptors (Lipinski definition) is 10. The van der Waals surface area contributed by atoms with Crippen molar-refractivity contribution >= 4 is 35.5 Å². The number of thioether (sulfide) groups is 1. The van der Waals surface area contributed by atoms with E-state index in [1.807, 2.05) is 11.8 Å². The van der Waals surface area contributed by atoms with E-state index in [1.54, 1.807) is 6.92 Å². The highest BCUT2D eigenvalue weighted by Crippen LogP contribution is 2.51. The van der Waals surface area contributed by atoms with Crippen LogP contribution in [-0.2, 0) is 25.7 Å². The third-order valence-corrected chi connectivity index (χ3v) is 9.26. The molecule has 4 aliphatic heterocycles. The number of nitrogens with zero attached hydrogens (tertiary/aromatic N) is 6. The van der Waals surface area contributed by atoms with Crippen molar-refractivity contribution in [2.24, 2.45) is 11.8 Å². The first-order valence-corrected chi connectivity index (χ1v) is 13.8. The van der Waals surface area contributed by atoms with Crippen molar-refractivity contribution in [2.75, 3.05) is 32.7 Å². The van der Waals surface area contributed by atoms with Gasteiger partial charge in [0, 0.05) is 48.3 Å². The molecule has 5 rings (SSSR count). The molecule has 5 heterocycles. The van der Waals surface area contributed by atoms with Gasteiger partial charge in [-0.1, -0.05) is 6.92 Å². The molecule has 0 radical (unpaired) electrons. The van der Waals surface area contributed by atoms with Crippen LogP contribution in [0.3, 0.4) is 0 Å². The minimum absolute atomic E-state index is 0.0153. The third kappa shape index (κ3) is 5.01. The zero-order valence-electron chi connectivity index (χ0n) is 21.4. The molecular formula is C23H33N9O5S. The SMILES string of the molecule is CC(NC(=O)Cn1cnnn1)[C@H]1C(=O)N2C(C(=O)O)=C(S[C@@H]3CN[C@H](C(=O)N4CCCNCC4)C3)[C@H](C)[C@H]12. The summed E-state index contributed by atoms with van der Waals surface area (Å²) >= 11 is 1.46. The van der Waals surface area contributed by atoms with Gasteiger partial charge in [-0.25, -0.2) is 9.48 Å². The summed E-state index contributed by atoms with van der Waals surface area (Å²) in [5, 5.41) is 30.2. The molecule has 4 N–H and O–H groups in total. The fourth-order valence-electron chi connectivity index (χ4n) is 5.93. The Labute approximate surface area is 223 Å². The summed E-state index contributed by atoms with van der Waals surface area (Å²) in [6, 6.07) is -1.14. The number of aromatic nitrogens is 4. The Balaban J connectivity index is 1.23. The van der Waals surface area contributed by atoms with Gasteiger partial charge >= 0.3 is 5.97 Å². The molecular weight excluding hydrogens is 514 g/mol. The number of carbonyl (C=O) groups is 4. The standard InChI is InChI=1S/C23H33N9O5S/c1-12-18-17(13(2)27-16(33)10-31-11-26-28-29-31)22(35)32(18)19(23(36)37)20(12)38-14-8-15(25-9-14)21(34)30-6-3-4-24-5-7-30/h11-15,17-18,24-25H,3-10H2,1-2H3,(H,27,33)(H,36,37)/t12-,13?,14+,15+,17-,18-/m1/s1. The minimum atomic E-state index is -1.14. The average molecular weight is 548 g/mol. The molecule has 3 fully saturated rings. The van der Waals surface area contributed by atoms with Gasteiger partial charge in [-0.2, -0.15) is 0 Å². The van der Waals surface area contributed by atoms with E-state index in [9.17, 15) is 24.3 Å². The van der Waals surface area contributed by atoms with E-state index >= 15 is 0 Å². The third-order valence-electron chi connectivity index (χ3n) is 7.75. The predicted octanol–water partition coefficient (Wildman–Crippen LogP) is -1.76. The maximum Gasteiger partial charge on any atom is 0.353 e. The second-order valence-corrected chi connectivity index (χ2v) is 11.6. The molecule has 0 bridgehead atoms. The molecule has 1 unspecified atom stereocenters. The van der Waals surface area contributed by atoms with Gasteiger partial charge in [-0.15, -0.1) is 16.9 Å². The maximum absolute atomic E-state index is 13.1. The summed E-state index contributed by atoms with van der Waals surface area (Å²) in [7, 11) is 0. The highest BCUT2D eigenvalue weighted by atomic mass is 32.2. The summed E-state index contributed by atoms with van der Waals surface area (Å²) in [6.45, 7) is 7.30. The lowest BCUT2D eigenvalue weighted by molar-refractivity contribution is -0.158. The largest absolute Gasteiger partial charge is 0.477 e. The van der Waals surface area contributed by atoms with Crippen LogP contribution >= 0.6 is 11.8 Å². The van der Waals surface area contributed by atoms with Gasteiger partial charge < -0.3 is 30.9 Å². The topological polar surface area (TPSA) is 175 Å². The van der Waals surface area contributed by atoms with Crippen LogP contribution in [0.4, 0.5) is 0 Å². The van der Waals surface area contributed by atoms with E-state index in [2.05, 4.69) is 31.5 Å². The molecule has 3 saturated heterocycles. The van der Waals surface area contributed by atoms with Gasteiger partial charge in [0.15, 0.2) is 0 Å². The number of carboxylic acid groups (broad SMARTS) is 1. The van der Waals surface area contributed by atoms with E-state index in [-0.39, 0.29) is 53.2 Å². The van der Waals surface area contributed by atoms with Crippen LogP contribution in [0, 0.1) is 11.8 Å². The van der Waals surface area contributed by atoms with Gasteiger partial charge in [-0.05, 0) is 36.7 Å². The van der Waals surface area contributed by atoms with Crippen molar-refractivity contribution in [3.05, 3.63) is 16.9 Å². The molecule has 6 atom stereocenters. The molecule has 0 aromatic carbocycles. The lowest BCUT2D eigenvalue weighted by atomic mass is 9.78. The zero-order chi connectivity index (χ0) is 27.0. The monoisotopic (exact) mass is 547 g/mol. The molecule has 38 heavy (non-hydrogen) atoms. The Hall–Kier alpha value is -3.04. The number of nitrogens with one attached hydrogen (secondary N) is 3. The van der Waals surface area contributed by atoms with E-state index < -0.39 is 17.9 Å². The normalized spacial score (nSPS) is 30.1. The molecule has 0 aliphatic carbocycles. The average Bonchev–Trinajstić information content (AvgIpc) is 3.54. The molecule has 1 aromatic heterocycles. The van der Waals surface area contributed by atoms with Gasteiger partial charge in [0.2, 0.25) is 17.7 Å². The fraction of sp³-hybridized carbons (Fsp3) is 0.696. The molecule has 206 valence electrons. The fourth-order valence-corrected chi connectivity index (χ4v) is 7.41. The van der Waals surface area contributed by atoms with Crippen LogP contribution in [0.25, 0.3) is 0 Å². The number of rotatable bonds is 8. The molecule has 14 nitrogen and oxygen atoms in total. The molecule has 0 spiro atoms. The Morgan fingerprint density at radius 2 is 2.11 bits per heavy atom. The van der Waals surface area contributed by atoms with Crippen molar-refractivity contribution in [1.82, 2.24) is 46.0 Å². The van der Waals surface area contributed by atoms with Gasteiger partial charge in [0.05, 0.1) is 18.0 Å². The van der Waals surface area contributed by atoms with Crippen molar-refractivity contribution in [2.45, 2.75) is 56.6 Å². The van der Waals surface area contributed by atoms with Crippen LogP contribution < -0.4 is 16.0 Å². The Kier molecular flexibility index (Phi) is 7.68. The van der Waals surface area contributed by atoms with E-state index in [0.29, 0.717) is 24.4 Å². The zero-order valence-corrected chi connectivity index (χ0v) is 22.2. The van der Waals surface area contributed by atoms with Crippen LogP contribution in [0.2, 0.25) is 0 Å². The summed E-state index contributed by atoms with van der Waals surface area (Å²) < 4.78 is 1.28. The summed E-state index contributed by atoms with van der Waals surface area (Å²) in [6.07, 6.45) is 2.85. The molecule has 3 amide bonds. The molecule has 0 saturated carbocycles. The first kappa shape index (κ1) is 26.6. The van der Waals surface area contributed by atoms with Crippen LogP contribution in [0.15, 0.2) is 16.9 Å². The highest BCUT2D eigenvalue weighted by Gasteiger charge is 2.60. The minimum Gasteiger partial charge on any atom is -0.477 e. The highest BCUT2D eigenvalue weighted by molar-refractivity contribution is 8.03. The smallest absolute Gasteiger partial charge is 0.353 e. The molecule has 15 heteroatoms. The summed E-state index contributed by atoms with van der Waals surface area (Å²) in [5.74, 6) is -2.44. The Bertz CT molecular complexity index is 1120. The Morgan fingerprint density at radius 1 is 1.29 bits per heavy atom. The molecule has 4 aliphatic rings. The van der Waals surface area contributed by atoms with Crippen molar-refractivity contribution < 1.29 is 24.3 Å². The summed E-state index contributed by atoms with van der Waals surface area (Å²) in [4.78, 5) is 54.8. The van der Waals surface area contributed by atoms with Crippen LogP contribution in [0.1, 0.15) is 26.7 Å². The van der Waals surface area contributed by atoms with Crippen LogP contribution in [0.5, 0.6) is 0 Å². The maximum atomic E-state index is 13.1. The van der Waals surface area contributed by atoms with Crippen molar-refractivity contribution in [1.29, 1.82) is 0 Å². The van der Waals surface area contributed by atoms with E-state index in [0.717, 1.165) is 26.1 Å². The number of fused-ring (bicyclic) bond motifs is 1. The van der Waals surface area contributed by atoms with Crippen molar-refractivity contribution in [3.63, 3.8) is 0 Å². The van der Waals surface area contributed by atoms with Gasteiger partial charge in [0.1, 0.15) is 18.6 Å². The number of aliphatic carboxylic acids is 1. The van der Waals surface area contributed by atoms with E-state index in [1.165, 1.54) is 27.7 Å². The first-order chi connectivity index (χ1) is 18.3. The van der Waals surface area contributed by atoms with Crippen LogP contribution in [-0.4, -0.2) is 115 Å².